The first kappa shape index (κ1) is 23.8. The van der Waals surface area contributed by atoms with Crippen molar-refractivity contribution in [2.45, 2.75) is 90.3 Å². The summed E-state index contributed by atoms with van der Waals surface area (Å²) in [6, 6.07) is 7.91. The smallest absolute Gasteiger partial charge is 0.213 e. The van der Waals surface area contributed by atoms with E-state index < -0.39 is 21.7 Å². The van der Waals surface area contributed by atoms with Crippen molar-refractivity contribution in [3.63, 3.8) is 0 Å². The fourth-order valence-electron chi connectivity index (χ4n) is 2.01. The Morgan fingerprint density at radius 3 is 1.44 bits per heavy atom. The molecule has 148 valence electrons. The molecular weight excluding hydrogens is 360 g/mol. The van der Waals surface area contributed by atoms with Crippen LogP contribution in [0.3, 0.4) is 0 Å². The van der Waals surface area contributed by atoms with Gasteiger partial charge in [0.1, 0.15) is 16.1 Å². The third kappa shape index (κ3) is 5.61. The topological polar surface area (TPSA) is 20.2 Å². The summed E-state index contributed by atoms with van der Waals surface area (Å²) in [6.45, 7) is 24.5. The molecule has 0 aliphatic carbocycles. The zero-order chi connectivity index (χ0) is 21.3. The average molecular weight is 399 g/mol. The van der Waals surface area contributed by atoms with E-state index in [2.05, 4.69) is 90.7 Å². The molecule has 0 aromatic heterocycles. The Balaban J connectivity index is 3.63. The molecule has 0 unspecified atom stereocenters. The monoisotopic (exact) mass is 398 g/mol. The highest BCUT2D eigenvalue weighted by molar-refractivity contribution is 6.88. The van der Waals surface area contributed by atoms with Crippen LogP contribution in [0.1, 0.15) is 52.7 Å². The molecule has 0 atom stereocenters. The minimum atomic E-state index is -1.85. The van der Waals surface area contributed by atoms with E-state index in [0.29, 0.717) is 0 Å². The van der Waals surface area contributed by atoms with E-state index in [-0.39, 0.29) is 10.1 Å². The molecule has 1 nitrogen and oxygen atoms in total. The van der Waals surface area contributed by atoms with Crippen LogP contribution in [0.25, 0.3) is 0 Å². The summed E-state index contributed by atoms with van der Waals surface area (Å²) in [5.41, 5.74) is 7.39. The molecule has 0 spiro atoms. The molecule has 27 heavy (non-hydrogen) atoms. The molecule has 0 aliphatic rings. The third-order valence-electron chi connectivity index (χ3n) is 6.40. The molecule has 3 heteroatoms. The number of benzene rings is 1. The van der Waals surface area contributed by atoms with Gasteiger partial charge in [0.2, 0.25) is 5.60 Å². The van der Waals surface area contributed by atoms with Gasteiger partial charge < -0.3 is 5.11 Å². The van der Waals surface area contributed by atoms with Crippen LogP contribution in [0, 0.1) is 29.9 Å². The SMILES string of the molecule is Cc1ccccc1C(O)(C#C[Si](C)(C)C(C)(C)C)C#C[Si](C)(C)C(C)(C)C. The summed E-state index contributed by atoms with van der Waals surface area (Å²) in [6.07, 6.45) is 0. The van der Waals surface area contributed by atoms with E-state index in [1.165, 1.54) is 0 Å². The van der Waals surface area contributed by atoms with Crippen LogP contribution < -0.4 is 0 Å². The van der Waals surface area contributed by atoms with Crippen LogP contribution in [-0.4, -0.2) is 21.3 Å². The summed E-state index contributed by atoms with van der Waals surface area (Å²) >= 11 is 0. The Kier molecular flexibility index (Phi) is 6.72. The molecule has 1 aromatic rings. The van der Waals surface area contributed by atoms with Crippen LogP contribution in [0.5, 0.6) is 0 Å². The zero-order valence-corrected chi connectivity index (χ0v) is 21.3. The number of rotatable bonds is 1. The second kappa shape index (κ2) is 7.63. The van der Waals surface area contributed by atoms with Crippen LogP contribution in [0.2, 0.25) is 36.3 Å². The van der Waals surface area contributed by atoms with Crippen LogP contribution in [-0.2, 0) is 5.60 Å². The van der Waals surface area contributed by atoms with E-state index in [1.807, 2.05) is 31.2 Å². The van der Waals surface area contributed by atoms with E-state index >= 15 is 0 Å². The molecule has 0 radical (unpaired) electrons. The number of aliphatic hydroxyl groups is 1. The van der Waals surface area contributed by atoms with Gasteiger partial charge in [-0.3, -0.25) is 0 Å². The van der Waals surface area contributed by atoms with Crippen molar-refractivity contribution >= 4 is 16.1 Å². The zero-order valence-electron chi connectivity index (χ0n) is 19.3. The Bertz CT molecular complexity index is 753. The van der Waals surface area contributed by atoms with Crippen LogP contribution >= 0.6 is 0 Å². The van der Waals surface area contributed by atoms with Gasteiger partial charge in [-0.2, -0.15) is 0 Å². The van der Waals surface area contributed by atoms with Crippen molar-refractivity contribution in [2.75, 3.05) is 0 Å². The molecule has 0 heterocycles. The molecule has 0 amide bonds. The molecular formula is C24H38OSi2. The lowest BCUT2D eigenvalue weighted by Gasteiger charge is -2.33. The van der Waals surface area contributed by atoms with Gasteiger partial charge in [0, 0.05) is 5.56 Å². The van der Waals surface area contributed by atoms with Gasteiger partial charge in [0.25, 0.3) is 0 Å². The quantitative estimate of drug-likeness (QED) is 0.435. The molecule has 1 rings (SSSR count). The highest BCUT2D eigenvalue weighted by atomic mass is 28.3. The summed E-state index contributed by atoms with van der Waals surface area (Å²) < 4.78 is 0. The first-order chi connectivity index (χ1) is 11.9. The van der Waals surface area contributed by atoms with Gasteiger partial charge >= 0.3 is 0 Å². The van der Waals surface area contributed by atoms with Crippen molar-refractivity contribution in [3.05, 3.63) is 35.4 Å². The minimum absolute atomic E-state index is 0.138. The highest BCUT2D eigenvalue weighted by Crippen LogP contribution is 2.37. The minimum Gasteiger partial charge on any atom is -0.364 e. The van der Waals surface area contributed by atoms with Gasteiger partial charge in [0.05, 0.1) is 0 Å². The number of hydrogen-bond donors (Lipinski definition) is 1. The Labute approximate surface area is 170 Å². The summed E-state index contributed by atoms with van der Waals surface area (Å²) in [7, 11) is -3.71. The average Bonchev–Trinajstić information content (AvgIpc) is 2.49. The molecule has 0 aliphatic heterocycles. The fourth-order valence-corrected chi connectivity index (χ4v) is 3.75. The molecule has 0 saturated heterocycles. The molecule has 0 saturated carbocycles. The second-order valence-electron chi connectivity index (χ2n) is 10.8. The molecule has 1 N–H and O–H groups in total. The normalized spacial score (nSPS) is 13.3. The Morgan fingerprint density at radius 2 is 1.11 bits per heavy atom. The third-order valence-corrected chi connectivity index (χ3v) is 15.4. The first-order valence-corrected chi connectivity index (χ1v) is 15.8. The van der Waals surface area contributed by atoms with Crippen molar-refractivity contribution < 1.29 is 5.11 Å². The van der Waals surface area contributed by atoms with Gasteiger partial charge in [-0.05, 0) is 22.6 Å². The highest BCUT2D eigenvalue weighted by Gasteiger charge is 2.37. The van der Waals surface area contributed by atoms with Crippen LogP contribution in [0.4, 0.5) is 0 Å². The standard InChI is InChI=1S/C24H38OSi2/c1-20-14-12-13-15-21(20)24(25,16-18-26(8,9)22(2,3)4)17-19-27(10,11)23(5,6)7/h12-15,25H,1-11H3. The maximum Gasteiger partial charge on any atom is 0.213 e. The largest absolute Gasteiger partial charge is 0.364 e. The number of hydrogen-bond acceptors (Lipinski definition) is 1. The predicted molar refractivity (Wildman–Crippen MR) is 125 cm³/mol. The lowest BCUT2D eigenvalue weighted by atomic mass is 9.92. The van der Waals surface area contributed by atoms with Crippen molar-refractivity contribution in [3.8, 4) is 22.9 Å². The van der Waals surface area contributed by atoms with Gasteiger partial charge in [-0.25, -0.2) is 0 Å². The van der Waals surface area contributed by atoms with Crippen molar-refractivity contribution in [1.29, 1.82) is 0 Å². The van der Waals surface area contributed by atoms with Gasteiger partial charge in [0.15, 0.2) is 0 Å². The Morgan fingerprint density at radius 1 is 0.741 bits per heavy atom. The van der Waals surface area contributed by atoms with Gasteiger partial charge in [-0.15, -0.1) is 11.1 Å². The summed E-state index contributed by atoms with van der Waals surface area (Å²) in [5, 5.41) is 11.9. The summed E-state index contributed by atoms with van der Waals surface area (Å²) in [4.78, 5) is 0. The summed E-state index contributed by atoms with van der Waals surface area (Å²) in [5.74, 6) is 6.48. The van der Waals surface area contributed by atoms with Crippen molar-refractivity contribution in [1.82, 2.24) is 0 Å². The van der Waals surface area contributed by atoms with Gasteiger partial charge in [-0.1, -0.05) is 104 Å². The van der Waals surface area contributed by atoms with E-state index in [0.717, 1.165) is 11.1 Å². The Hall–Kier alpha value is -1.27. The van der Waals surface area contributed by atoms with Crippen LogP contribution in [0.15, 0.2) is 24.3 Å². The number of aryl methyl sites for hydroxylation is 1. The lowest BCUT2D eigenvalue weighted by molar-refractivity contribution is 0.164. The maximum atomic E-state index is 11.6. The lowest BCUT2D eigenvalue weighted by Crippen LogP contribution is -2.38. The predicted octanol–water partition coefficient (Wildman–Crippen LogP) is 6.28. The van der Waals surface area contributed by atoms with E-state index in [9.17, 15) is 5.11 Å². The molecule has 0 bridgehead atoms. The fraction of sp³-hybridized carbons (Fsp3) is 0.583. The molecule has 0 fully saturated rings. The second-order valence-corrected chi connectivity index (χ2v) is 20.8. The molecule has 1 aromatic carbocycles. The van der Waals surface area contributed by atoms with E-state index in [4.69, 9.17) is 0 Å². The maximum absolute atomic E-state index is 11.6. The van der Waals surface area contributed by atoms with E-state index in [1.54, 1.807) is 0 Å². The van der Waals surface area contributed by atoms with Crippen molar-refractivity contribution in [2.24, 2.45) is 0 Å². The first-order valence-electron chi connectivity index (χ1n) is 9.80.